The Balaban J connectivity index is 2.12. The molecular formula is C22H26BrN3O6. The molecule has 0 saturated carbocycles. The van der Waals surface area contributed by atoms with Crippen LogP contribution in [0.25, 0.3) is 0 Å². The number of hydrogen-bond acceptors (Lipinski definition) is 7. The van der Waals surface area contributed by atoms with Crippen LogP contribution in [0, 0.1) is 0 Å². The highest BCUT2D eigenvalue weighted by Gasteiger charge is 2.13. The van der Waals surface area contributed by atoms with Crippen LogP contribution in [0.2, 0.25) is 0 Å². The molecule has 0 saturated heterocycles. The molecule has 0 heterocycles. The maximum atomic E-state index is 12.5. The second kappa shape index (κ2) is 12.6. The van der Waals surface area contributed by atoms with Gasteiger partial charge in [0.2, 0.25) is 0 Å². The standard InChI is InChI=1S/C22H26BrN3O6/c1-4-8-31-17-7-6-15(11-18(17)30-5-2)22(28)26-25-12-14-9-16(23)21(19(10-14)29-3)32-13-20(24)27/h6-7,9-12H,4-5,8,13H2,1-3H3,(H2,24,27)(H,26,28)/b25-12+. The van der Waals surface area contributed by atoms with E-state index in [4.69, 9.17) is 24.7 Å². The molecular weight excluding hydrogens is 482 g/mol. The Morgan fingerprint density at radius 2 is 1.88 bits per heavy atom. The highest BCUT2D eigenvalue weighted by atomic mass is 79.9. The zero-order valence-corrected chi connectivity index (χ0v) is 19.7. The summed E-state index contributed by atoms with van der Waals surface area (Å²) < 4.78 is 22.4. The number of nitrogens with two attached hydrogens (primary N) is 1. The van der Waals surface area contributed by atoms with E-state index in [2.05, 4.69) is 26.5 Å². The molecule has 32 heavy (non-hydrogen) atoms. The van der Waals surface area contributed by atoms with Crippen LogP contribution in [-0.2, 0) is 4.79 Å². The number of carbonyl (C=O) groups is 2. The van der Waals surface area contributed by atoms with Gasteiger partial charge in [0.1, 0.15) is 0 Å². The number of primary amides is 1. The minimum Gasteiger partial charge on any atom is -0.493 e. The van der Waals surface area contributed by atoms with Gasteiger partial charge in [0, 0.05) is 5.56 Å². The highest BCUT2D eigenvalue weighted by Crippen LogP contribution is 2.36. The molecule has 0 aliphatic rings. The Hall–Kier alpha value is -3.27. The quantitative estimate of drug-likeness (QED) is 0.335. The molecule has 172 valence electrons. The van der Waals surface area contributed by atoms with Crippen molar-refractivity contribution in [1.29, 1.82) is 0 Å². The molecule has 0 aliphatic carbocycles. The third kappa shape index (κ3) is 7.16. The van der Waals surface area contributed by atoms with Gasteiger partial charge in [-0.25, -0.2) is 5.43 Å². The van der Waals surface area contributed by atoms with Crippen molar-refractivity contribution < 1.29 is 28.5 Å². The van der Waals surface area contributed by atoms with E-state index in [9.17, 15) is 9.59 Å². The summed E-state index contributed by atoms with van der Waals surface area (Å²) in [5.41, 5.74) is 8.59. The normalized spacial score (nSPS) is 10.6. The molecule has 0 fully saturated rings. The van der Waals surface area contributed by atoms with Crippen LogP contribution in [0.3, 0.4) is 0 Å². The van der Waals surface area contributed by atoms with Gasteiger partial charge in [-0.3, -0.25) is 9.59 Å². The molecule has 0 spiro atoms. The predicted molar refractivity (Wildman–Crippen MR) is 124 cm³/mol. The minimum atomic E-state index is -0.607. The number of methoxy groups -OCH3 is 1. The molecule has 10 heteroatoms. The first-order valence-corrected chi connectivity index (χ1v) is 10.7. The molecule has 0 aromatic heterocycles. The smallest absolute Gasteiger partial charge is 0.271 e. The van der Waals surface area contributed by atoms with Crippen LogP contribution in [0.4, 0.5) is 0 Å². The Morgan fingerprint density at radius 3 is 2.53 bits per heavy atom. The van der Waals surface area contributed by atoms with E-state index in [0.717, 1.165) is 6.42 Å². The van der Waals surface area contributed by atoms with Gasteiger partial charge in [0.15, 0.2) is 29.6 Å². The van der Waals surface area contributed by atoms with E-state index in [0.29, 0.717) is 51.8 Å². The lowest BCUT2D eigenvalue weighted by atomic mass is 10.2. The summed E-state index contributed by atoms with van der Waals surface area (Å²) in [7, 11) is 1.46. The number of carbonyl (C=O) groups excluding carboxylic acids is 2. The first-order chi connectivity index (χ1) is 15.4. The van der Waals surface area contributed by atoms with Gasteiger partial charge in [0.25, 0.3) is 11.8 Å². The predicted octanol–water partition coefficient (Wildman–Crippen LogP) is 3.27. The molecule has 3 N–H and O–H groups in total. The van der Waals surface area contributed by atoms with E-state index in [1.807, 2.05) is 13.8 Å². The molecule has 0 unspecified atom stereocenters. The number of halogens is 1. The molecule has 0 atom stereocenters. The molecule has 2 aromatic carbocycles. The zero-order valence-electron chi connectivity index (χ0n) is 18.1. The minimum absolute atomic E-state index is 0.287. The number of rotatable bonds is 12. The van der Waals surface area contributed by atoms with Gasteiger partial charge in [-0.15, -0.1) is 0 Å². The topological polar surface area (TPSA) is 121 Å². The third-order valence-electron chi connectivity index (χ3n) is 3.96. The summed E-state index contributed by atoms with van der Waals surface area (Å²) in [5.74, 6) is 0.780. The largest absolute Gasteiger partial charge is 0.493 e. The lowest BCUT2D eigenvalue weighted by Gasteiger charge is -2.13. The molecule has 0 bridgehead atoms. The third-order valence-corrected chi connectivity index (χ3v) is 4.55. The van der Waals surface area contributed by atoms with E-state index in [1.54, 1.807) is 30.3 Å². The first-order valence-electron chi connectivity index (χ1n) is 9.91. The van der Waals surface area contributed by atoms with Gasteiger partial charge in [-0.05, 0) is 65.2 Å². The summed E-state index contributed by atoms with van der Waals surface area (Å²) >= 11 is 3.36. The highest BCUT2D eigenvalue weighted by molar-refractivity contribution is 9.10. The first kappa shape index (κ1) is 25.0. The van der Waals surface area contributed by atoms with Crippen LogP contribution in [0.5, 0.6) is 23.0 Å². The zero-order chi connectivity index (χ0) is 23.5. The number of hydrogen-bond donors (Lipinski definition) is 2. The average Bonchev–Trinajstić information content (AvgIpc) is 2.77. The Bertz CT molecular complexity index is 980. The van der Waals surface area contributed by atoms with Gasteiger partial charge < -0.3 is 24.7 Å². The molecule has 2 rings (SSSR count). The second-order valence-electron chi connectivity index (χ2n) is 6.43. The van der Waals surface area contributed by atoms with E-state index in [-0.39, 0.29) is 6.61 Å². The number of nitrogens with one attached hydrogen (secondary N) is 1. The van der Waals surface area contributed by atoms with Crippen LogP contribution in [0.15, 0.2) is 39.9 Å². The number of nitrogens with zero attached hydrogens (tertiary/aromatic N) is 1. The number of benzene rings is 2. The van der Waals surface area contributed by atoms with Crippen molar-refractivity contribution in [3.8, 4) is 23.0 Å². The van der Waals surface area contributed by atoms with Gasteiger partial charge >= 0.3 is 0 Å². The van der Waals surface area contributed by atoms with Crippen molar-refractivity contribution in [3.63, 3.8) is 0 Å². The second-order valence-corrected chi connectivity index (χ2v) is 7.29. The maximum absolute atomic E-state index is 12.5. The van der Waals surface area contributed by atoms with E-state index >= 15 is 0 Å². The van der Waals surface area contributed by atoms with E-state index < -0.39 is 11.8 Å². The molecule has 0 radical (unpaired) electrons. The summed E-state index contributed by atoms with van der Waals surface area (Å²) in [6.45, 7) is 4.58. The van der Waals surface area contributed by atoms with Crippen molar-refractivity contribution in [2.45, 2.75) is 20.3 Å². The summed E-state index contributed by atoms with van der Waals surface area (Å²) in [5, 5.41) is 4.00. The number of ether oxygens (including phenoxy) is 4. The molecule has 9 nitrogen and oxygen atoms in total. The fraction of sp³-hybridized carbons (Fsp3) is 0.318. The van der Waals surface area contributed by atoms with Crippen molar-refractivity contribution >= 4 is 34.0 Å². The van der Waals surface area contributed by atoms with Crippen molar-refractivity contribution in [3.05, 3.63) is 45.9 Å². The maximum Gasteiger partial charge on any atom is 0.271 e. The Labute approximate surface area is 195 Å². The lowest BCUT2D eigenvalue weighted by molar-refractivity contribution is -0.119. The summed E-state index contributed by atoms with van der Waals surface area (Å²) in [6.07, 6.45) is 2.31. The Kier molecular flexibility index (Phi) is 9.80. The summed E-state index contributed by atoms with van der Waals surface area (Å²) in [4.78, 5) is 23.5. The van der Waals surface area contributed by atoms with Gasteiger partial charge in [-0.1, -0.05) is 6.92 Å². The van der Waals surface area contributed by atoms with Crippen LogP contribution >= 0.6 is 15.9 Å². The van der Waals surface area contributed by atoms with Crippen molar-refractivity contribution in [2.24, 2.45) is 10.8 Å². The van der Waals surface area contributed by atoms with Gasteiger partial charge in [-0.2, -0.15) is 5.10 Å². The van der Waals surface area contributed by atoms with Crippen LogP contribution < -0.4 is 30.1 Å². The number of amides is 2. The summed E-state index contributed by atoms with van der Waals surface area (Å²) in [6, 6.07) is 8.30. The number of hydrazone groups is 1. The van der Waals surface area contributed by atoms with Crippen molar-refractivity contribution in [2.75, 3.05) is 26.9 Å². The fourth-order valence-corrected chi connectivity index (χ4v) is 3.15. The van der Waals surface area contributed by atoms with E-state index in [1.165, 1.54) is 13.3 Å². The molecule has 2 aromatic rings. The van der Waals surface area contributed by atoms with Gasteiger partial charge in [0.05, 0.1) is 31.0 Å². The Morgan fingerprint density at radius 1 is 1.09 bits per heavy atom. The van der Waals surface area contributed by atoms with Crippen LogP contribution in [-0.4, -0.2) is 45.0 Å². The van der Waals surface area contributed by atoms with Crippen molar-refractivity contribution in [1.82, 2.24) is 5.43 Å². The van der Waals surface area contributed by atoms with Crippen LogP contribution in [0.1, 0.15) is 36.2 Å². The monoisotopic (exact) mass is 507 g/mol. The fourth-order valence-electron chi connectivity index (χ4n) is 2.58. The molecule has 0 aliphatic heterocycles. The lowest BCUT2D eigenvalue weighted by Crippen LogP contribution is -2.20. The molecule has 2 amide bonds. The SMILES string of the molecule is CCCOc1ccc(C(=O)N/N=C/c2cc(Br)c(OCC(N)=O)c(OC)c2)cc1OCC. The average molecular weight is 508 g/mol.